The first kappa shape index (κ1) is 18.2. The Morgan fingerprint density at radius 3 is 2.80 bits per heavy atom. The van der Waals surface area contributed by atoms with Crippen molar-refractivity contribution in [1.29, 1.82) is 0 Å². The SMILES string of the molecule is Cc1cccc(N2CCN(CCCNC(=O)C3CCCCN3)CC2)c1. The molecular weight excluding hydrogens is 312 g/mol. The van der Waals surface area contributed by atoms with E-state index in [-0.39, 0.29) is 11.9 Å². The van der Waals surface area contributed by atoms with E-state index in [2.05, 4.69) is 51.6 Å². The van der Waals surface area contributed by atoms with Crippen molar-refractivity contribution in [3.8, 4) is 0 Å². The zero-order chi connectivity index (χ0) is 17.5. The van der Waals surface area contributed by atoms with Crippen LogP contribution >= 0.6 is 0 Å². The molecule has 1 unspecified atom stereocenters. The number of benzene rings is 1. The molecule has 2 heterocycles. The number of carbonyl (C=O) groups is 1. The highest BCUT2D eigenvalue weighted by molar-refractivity contribution is 5.81. The lowest BCUT2D eigenvalue weighted by Gasteiger charge is -2.36. The van der Waals surface area contributed by atoms with Crippen molar-refractivity contribution in [3.63, 3.8) is 0 Å². The molecule has 0 bridgehead atoms. The molecule has 0 saturated carbocycles. The Kier molecular flexibility index (Phi) is 6.70. The average Bonchev–Trinajstić information content (AvgIpc) is 2.66. The predicted molar refractivity (Wildman–Crippen MR) is 103 cm³/mol. The summed E-state index contributed by atoms with van der Waals surface area (Å²) in [5.41, 5.74) is 2.66. The van der Waals surface area contributed by atoms with E-state index in [9.17, 15) is 4.79 Å². The first-order chi connectivity index (χ1) is 12.2. The number of amides is 1. The Balaban J connectivity index is 1.31. The van der Waals surface area contributed by atoms with Gasteiger partial charge in [-0.05, 0) is 57.0 Å². The van der Waals surface area contributed by atoms with Crippen LogP contribution in [0.4, 0.5) is 5.69 Å². The third kappa shape index (κ3) is 5.44. The topological polar surface area (TPSA) is 47.6 Å². The van der Waals surface area contributed by atoms with Crippen molar-refractivity contribution in [3.05, 3.63) is 29.8 Å². The summed E-state index contributed by atoms with van der Waals surface area (Å²) in [5, 5.41) is 6.40. The molecule has 138 valence electrons. The van der Waals surface area contributed by atoms with Gasteiger partial charge in [-0.2, -0.15) is 0 Å². The Morgan fingerprint density at radius 2 is 2.08 bits per heavy atom. The smallest absolute Gasteiger partial charge is 0.237 e. The van der Waals surface area contributed by atoms with E-state index >= 15 is 0 Å². The third-order valence-corrected chi connectivity index (χ3v) is 5.32. The van der Waals surface area contributed by atoms with Crippen LogP contribution in [0.25, 0.3) is 0 Å². The third-order valence-electron chi connectivity index (χ3n) is 5.32. The van der Waals surface area contributed by atoms with Crippen molar-refractivity contribution in [2.24, 2.45) is 0 Å². The average molecular weight is 345 g/mol. The lowest BCUT2D eigenvalue weighted by Crippen LogP contribution is -2.48. The second-order valence-electron chi connectivity index (χ2n) is 7.31. The zero-order valence-electron chi connectivity index (χ0n) is 15.5. The molecule has 0 aliphatic carbocycles. The molecule has 5 nitrogen and oxygen atoms in total. The Hall–Kier alpha value is -1.59. The van der Waals surface area contributed by atoms with Gasteiger partial charge in [-0.3, -0.25) is 9.69 Å². The second kappa shape index (κ2) is 9.20. The van der Waals surface area contributed by atoms with Crippen molar-refractivity contribution in [1.82, 2.24) is 15.5 Å². The molecule has 1 aromatic rings. The van der Waals surface area contributed by atoms with Crippen LogP contribution in [0.5, 0.6) is 0 Å². The van der Waals surface area contributed by atoms with Crippen LogP contribution in [0.2, 0.25) is 0 Å². The van der Waals surface area contributed by atoms with E-state index in [1.165, 1.54) is 17.7 Å². The standard InChI is InChI=1S/C20H32N4O/c1-17-6-4-7-18(16-17)24-14-12-23(13-15-24)11-5-10-22-20(25)19-8-2-3-9-21-19/h4,6-7,16,19,21H,2-3,5,8-15H2,1H3,(H,22,25). The fourth-order valence-corrected chi connectivity index (χ4v) is 3.77. The number of hydrogen-bond acceptors (Lipinski definition) is 4. The summed E-state index contributed by atoms with van der Waals surface area (Å²) >= 11 is 0. The van der Waals surface area contributed by atoms with Gasteiger partial charge in [0.2, 0.25) is 5.91 Å². The molecule has 25 heavy (non-hydrogen) atoms. The van der Waals surface area contributed by atoms with Gasteiger partial charge in [0.05, 0.1) is 6.04 Å². The van der Waals surface area contributed by atoms with Gasteiger partial charge < -0.3 is 15.5 Å². The quantitative estimate of drug-likeness (QED) is 0.772. The summed E-state index contributed by atoms with van der Waals surface area (Å²) in [7, 11) is 0. The van der Waals surface area contributed by atoms with Gasteiger partial charge >= 0.3 is 0 Å². The maximum Gasteiger partial charge on any atom is 0.237 e. The van der Waals surface area contributed by atoms with Crippen LogP contribution < -0.4 is 15.5 Å². The van der Waals surface area contributed by atoms with Gasteiger partial charge in [-0.15, -0.1) is 0 Å². The van der Waals surface area contributed by atoms with Crippen LogP contribution in [-0.2, 0) is 4.79 Å². The van der Waals surface area contributed by atoms with E-state index < -0.39 is 0 Å². The molecule has 0 radical (unpaired) electrons. The van der Waals surface area contributed by atoms with Crippen LogP contribution in [0.15, 0.2) is 24.3 Å². The van der Waals surface area contributed by atoms with Crippen molar-refractivity contribution in [2.75, 3.05) is 50.7 Å². The molecule has 2 aliphatic rings. The largest absolute Gasteiger partial charge is 0.369 e. The van der Waals surface area contributed by atoms with Crippen LogP contribution in [0.1, 0.15) is 31.2 Å². The highest BCUT2D eigenvalue weighted by Crippen LogP contribution is 2.17. The van der Waals surface area contributed by atoms with E-state index in [0.717, 1.165) is 65.1 Å². The van der Waals surface area contributed by atoms with Gasteiger partial charge in [0, 0.05) is 38.4 Å². The molecule has 2 saturated heterocycles. The molecular formula is C20H32N4O. The number of hydrogen-bond donors (Lipinski definition) is 2. The first-order valence-electron chi connectivity index (χ1n) is 9.77. The number of nitrogens with one attached hydrogen (secondary N) is 2. The minimum atomic E-state index is 0.0339. The fraction of sp³-hybridized carbons (Fsp3) is 0.650. The van der Waals surface area contributed by atoms with Gasteiger partial charge in [0.25, 0.3) is 0 Å². The predicted octanol–water partition coefficient (Wildman–Crippen LogP) is 1.77. The van der Waals surface area contributed by atoms with Crippen LogP contribution in [0, 0.1) is 6.92 Å². The minimum absolute atomic E-state index is 0.0339. The molecule has 3 rings (SSSR count). The van der Waals surface area contributed by atoms with Crippen molar-refractivity contribution in [2.45, 2.75) is 38.6 Å². The summed E-state index contributed by atoms with van der Waals surface area (Å²) in [6, 6.07) is 8.80. The molecule has 1 atom stereocenters. The molecule has 2 N–H and O–H groups in total. The maximum absolute atomic E-state index is 12.1. The number of anilines is 1. The van der Waals surface area contributed by atoms with Crippen molar-refractivity contribution < 1.29 is 4.79 Å². The number of rotatable bonds is 6. The van der Waals surface area contributed by atoms with E-state index in [1.807, 2.05) is 0 Å². The summed E-state index contributed by atoms with van der Waals surface area (Å²) in [6.07, 6.45) is 4.37. The molecule has 0 spiro atoms. The summed E-state index contributed by atoms with van der Waals surface area (Å²) in [5.74, 6) is 0.184. The fourth-order valence-electron chi connectivity index (χ4n) is 3.77. The molecule has 2 aliphatic heterocycles. The molecule has 5 heteroatoms. The summed E-state index contributed by atoms with van der Waals surface area (Å²) in [4.78, 5) is 17.1. The van der Waals surface area contributed by atoms with Gasteiger partial charge in [-0.25, -0.2) is 0 Å². The van der Waals surface area contributed by atoms with E-state index in [4.69, 9.17) is 0 Å². The number of carbonyl (C=O) groups excluding carboxylic acids is 1. The monoisotopic (exact) mass is 344 g/mol. The van der Waals surface area contributed by atoms with Gasteiger partial charge in [0.15, 0.2) is 0 Å². The first-order valence-corrected chi connectivity index (χ1v) is 9.77. The van der Waals surface area contributed by atoms with Gasteiger partial charge in [-0.1, -0.05) is 18.6 Å². The number of piperidine rings is 1. The molecule has 2 fully saturated rings. The highest BCUT2D eigenvalue weighted by Gasteiger charge is 2.20. The molecule has 1 amide bonds. The molecule has 0 aromatic heterocycles. The lowest BCUT2D eigenvalue weighted by atomic mass is 10.0. The molecule has 1 aromatic carbocycles. The highest BCUT2D eigenvalue weighted by atomic mass is 16.2. The van der Waals surface area contributed by atoms with Crippen molar-refractivity contribution >= 4 is 11.6 Å². The number of aryl methyl sites for hydroxylation is 1. The Morgan fingerprint density at radius 1 is 1.24 bits per heavy atom. The Bertz CT molecular complexity index is 548. The maximum atomic E-state index is 12.1. The van der Waals surface area contributed by atoms with Crippen LogP contribution in [-0.4, -0.2) is 62.7 Å². The second-order valence-corrected chi connectivity index (χ2v) is 7.31. The van der Waals surface area contributed by atoms with Gasteiger partial charge in [0.1, 0.15) is 0 Å². The lowest BCUT2D eigenvalue weighted by molar-refractivity contribution is -0.123. The zero-order valence-corrected chi connectivity index (χ0v) is 15.5. The number of nitrogens with zero attached hydrogens (tertiary/aromatic N) is 2. The summed E-state index contributed by atoms with van der Waals surface area (Å²) < 4.78 is 0. The Labute approximate surface area is 151 Å². The number of piperazine rings is 1. The van der Waals surface area contributed by atoms with E-state index in [1.54, 1.807) is 0 Å². The van der Waals surface area contributed by atoms with E-state index in [0.29, 0.717) is 0 Å². The van der Waals surface area contributed by atoms with Crippen LogP contribution in [0.3, 0.4) is 0 Å². The minimum Gasteiger partial charge on any atom is -0.369 e. The normalized spacial score (nSPS) is 22.0. The summed E-state index contributed by atoms with van der Waals surface area (Å²) in [6.45, 7) is 9.36.